The van der Waals surface area contributed by atoms with Crippen molar-refractivity contribution in [3.63, 3.8) is 0 Å². The Morgan fingerprint density at radius 3 is 2.36 bits per heavy atom. The molecule has 2 aromatic rings. The number of benzene rings is 2. The first-order valence-corrected chi connectivity index (χ1v) is 9.81. The van der Waals surface area contributed by atoms with Crippen LogP contribution < -0.4 is 20.9 Å². The Hall–Kier alpha value is -3.34. The summed E-state index contributed by atoms with van der Waals surface area (Å²) in [6.07, 6.45) is -1.34. The molecule has 0 spiro atoms. The lowest BCUT2D eigenvalue weighted by atomic mass is 10.1. The predicted molar refractivity (Wildman–Crippen MR) is 100 cm³/mol. The number of nitrogens with one attached hydrogen (secondary N) is 3. The number of imide groups is 1. The lowest BCUT2D eigenvalue weighted by Gasteiger charge is -2.29. The van der Waals surface area contributed by atoms with Crippen LogP contribution in [-0.2, 0) is 14.8 Å². The third kappa shape index (κ3) is 2.54. The summed E-state index contributed by atoms with van der Waals surface area (Å²) in [7, 11) is -0.690. The highest BCUT2D eigenvalue weighted by Gasteiger charge is 2.53. The minimum Gasteiger partial charge on any atom is -0.377 e. The van der Waals surface area contributed by atoms with Gasteiger partial charge in [0.2, 0.25) is 0 Å². The van der Waals surface area contributed by atoms with Crippen molar-refractivity contribution in [3.05, 3.63) is 36.4 Å². The van der Waals surface area contributed by atoms with Gasteiger partial charge < -0.3 is 15.5 Å². The number of urea groups is 2. The van der Waals surface area contributed by atoms with Gasteiger partial charge in [-0.2, -0.15) is 4.31 Å². The normalized spacial score (nSPS) is 21.8. The van der Waals surface area contributed by atoms with Crippen molar-refractivity contribution in [2.45, 2.75) is 17.1 Å². The molecule has 2 saturated heterocycles. The molecular weight excluding hydrogens is 386 g/mol. The number of nitrogens with zero attached hydrogens (tertiary/aromatic N) is 2. The van der Waals surface area contributed by atoms with Crippen LogP contribution in [0, 0.1) is 0 Å². The molecule has 28 heavy (non-hydrogen) atoms. The van der Waals surface area contributed by atoms with Gasteiger partial charge in [-0.15, -0.1) is 0 Å². The van der Waals surface area contributed by atoms with Crippen LogP contribution in [0.15, 0.2) is 41.3 Å². The van der Waals surface area contributed by atoms with Gasteiger partial charge in [0.25, 0.3) is 15.9 Å². The van der Waals surface area contributed by atoms with Crippen molar-refractivity contribution >= 4 is 44.5 Å². The Morgan fingerprint density at radius 1 is 0.964 bits per heavy atom. The highest BCUT2D eigenvalue weighted by atomic mass is 32.2. The maximum absolute atomic E-state index is 13.4. The first kappa shape index (κ1) is 18.0. The standard InChI is InChI=1S/C17H17N5O5S/c1-21(2)11-7-3-6-10-9(11)5-4-8-12(10)28(26,27)22-14-13(18-17(22)25)15(23)20-16(24)19-14/h3-8,13-14H,1-2H3,(H,18,25)(H2,19,20,23,24). The third-order valence-corrected chi connectivity index (χ3v) is 6.55. The van der Waals surface area contributed by atoms with Gasteiger partial charge in [0.1, 0.15) is 0 Å². The molecule has 5 amide bonds. The number of hydrogen-bond donors (Lipinski definition) is 3. The molecule has 2 fully saturated rings. The minimum atomic E-state index is -4.37. The highest BCUT2D eigenvalue weighted by Crippen LogP contribution is 2.33. The zero-order valence-electron chi connectivity index (χ0n) is 15.0. The molecule has 11 heteroatoms. The summed E-state index contributed by atoms with van der Waals surface area (Å²) in [6.45, 7) is 0. The van der Waals surface area contributed by atoms with Gasteiger partial charge in [0.05, 0.1) is 4.90 Å². The Bertz CT molecular complexity index is 1130. The molecule has 0 bridgehead atoms. The van der Waals surface area contributed by atoms with Gasteiger partial charge in [-0.3, -0.25) is 10.1 Å². The number of carbonyl (C=O) groups excluding carboxylic acids is 3. The fraction of sp³-hybridized carbons (Fsp3) is 0.235. The predicted octanol–water partition coefficient (Wildman–Crippen LogP) is 0.154. The molecule has 0 radical (unpaired) electrons. The summed E-state index contributed by atoms with van der Waals surface area (Å²) in [6, 6.07) is 6.93. The second kappa shape index (κ2) is 6.09. The first-order valence-electron chi connectivity index (χ1n) is 8.37. The average molecular weight is 403 g/mol. The van der Waals surface area contributed by atoms with E-state index in [1.807, 2.05) is 30.4 Å². The zero-order valence-corrected chi connectivity index (χ0v) is 15.8. The lowest BCUT2D eigenvalue weighted by Crippen LogP contribution is -2.65. The second-order valence-electron chi connectivity index (χ2n) is 6.66. The smallest absolute Gasteiger partial charge is 0.334 e. The molecule has 3 N–H and O–H groups in total. The van der Waals surface area contributed by atoms with Crippen molar-refractivity contribution in [1.82, 2.24) is 20.3 Å². The van der Waals surface area contributed by atoms with Gasteiger partial charge in [-0.05, 0) is 12.1 Å². The van der Waals surface area contributed by atoms with E-state index in [2.05, 4.69) is 10.6 Å². The van der Waals surface area contributed by atoms with Crippen LogP contribution >= 0.6 is 0 Å². The quantitative estimate of drug-likeness (QED) is 0.670. The van der Waals surface area contributed by atoms with E-state index < -0.39 is 40.2 Å². The maximum atomic E-state index is 13.4. The van der Waals surface area contributed by atoms with E-state index in [9.17, 15) is 22.8 Å². The topological polar surface area (TPSA) is 128 Å². The molecule has 10 nitrogen and oxygen atoms in total. The van der Waals surface area contributed by atoms with Gasteiger partial charge in [-0.25, -0.2) is 18.0 Å². The Balaban J connectivity index is 1.87. The van der Waals surface area contributed by atoms with E-state index in [-0.39, 0.29) is 4.90 Å². The summed E-state index contributed by atoms with van der Waals surface area (Å²) in [5, 5.41) is 7.75. The number of hydrogen-bond acceptors (Lipinski definition) is 6. The van der Waals surface area contributed by atoms with E-state index in [1.54, 1.807) is 24.3 Å². The van der Waals surface area contributed by atoms with Crippen LogP contribution in [0.2, 0.25) is 0 Å². The van der Waals surface area contributed by atoms with E-state index in [0.717, 1.165) is 5.69 Å². The maximum Gasteiger partial charge on any atom is 0.334 e. The summed E-state index contributed by atoms with van der Waals surface area (Å²) >= 11 is 0. The third-order valence-electron chi connectivity index (χ3n) is 4.72. The van der Waals surface area contributed by atoms with Gasteiger partial charge in [0.15, 0.2) is 12.2 Å². The molecule has 146 valence electrons. The molecule has 0 aliphatic carbocycles. The molecule has 0 aromatic heterocycles. The summed E-state index contributed by atoms with van der Waals surface area (Å²) < 4.78 is 27.3. The molecule has 2 aliphatic rings. The molecular formula is C17H17N5O5S. The number of fused-ring (bicyclic) bond motifs is 2. The van der Waals surface area contributed by atoms with Crippen LogP contribution in [-0.4, -0.2) is 57.0 Å². The van der Waals surface area contributed by atoms with Crippen LogP contribution in [0.4, 0.5) is 15.3 Å². The number of rotatable bonds is 3. The molecule has 4 rings (SSSR count). The summed E-state index contributed by atoms with van der Waals surface area (Å²) in [4.78, 5) is 37.8. The van der Waals surface area contributed by atoms with Crippen LogP contribution in [0.1, 0.15) is 0 Å². The molecule has 2 heterocycles. The average Bonchev–Trinajstić information content (AvgIpc) is 2.97. The highest BCUT2D eigenvalue weighted by molar-refractivity contribution is 7.90. The minimum absolute atomic E-state index is 0.0928. The fourth-order valence-corrected chi connectivity index (χ4v) is 5.16. The Morgan fingerprint density at radius 2 is 1.64 bits per heavy atom. The van der Waals surface area contributed by atoms with Crippen LogP contribution in [0.25, 0.3) is 10.8 Å². The van der Waals surface area contributed by atoms with Crippen molar-refractivity contribution in [3.8, 4) is 0 Å². The summed E-state index contributed by atoms with van der Waals surface area (Å²) in [5.74, 6) is -0.771. The molecule has 2 aliphatic heterocycles. The van der Waals surface area contributed by atoms with Gasteiger partial charge in [0, 0.05) is 30.6 Å². The van der Waals surface area contributed by atoms with Crippen molar-refractivity contribution in [1.29, 1.82) is 0 Å². The van der Waals surface area contributed by atoms with Crippen molar-refractivity contribution < 1.29 is 22.8 Å². The van der Waals surface area contributed by atoms with E-state index in [0.29, 0.717) is 15.1 Å². The van der Waals surface area contributed by atoms with Crippen molar-refractivity contribution in [2.75, 3.05) is 19.0 Å². The zero-order chi connectivity index (χ0) is 20.2. The van der Waals surface area contributed by atoms with E-state index in [1.165, 1.54) is 6.07 Å². The van der Waals surface area contributed by atoms with Gasteiger partial charge >= 0.3 is 12.1 Å². The number of amides is 5. The van der Waals surface area contributed by atoms with Crippen LogP contribution in [0.5, 0.6) is 0 Å². The van der Waals surface area contributed by atoms with Gasteiger partial charge in [-0.1, -0.05) is 24.3 Å². The van der Waals surface area contributed by atoms with Crippen LogP contribution in [0.3, 0.4) is 0 Å². The first-order chi connectivity index (χ1) is 13.2. The molecule has 2 unspecified atom stereocenters. The largest absolute Gasteiger partial charge is 0.377 e. The van der Waals surface area contributed by atoms with Crippen molar-refractivity contribution in [2.24, 2.45) is 0 Å². The SMILES string of the molecule is CN(C)c1cccc2c(S(=O)(=O)N3C(=O)NC4C(=O)NC(=O)NC43)cccc12. The molecule has 0 saturated carbocycles. The molecule has 2 atom stereocenters. The van der Waals surface area contributed by atoms with E-state index in [4.69, 9.17) is 0 Å². The lowest BCUT2D eigenvalue weighted by molar-refractivity contribution is -0.123. The Kier molecular flexibility index (Phi) is 3.93. The molecule has 2 aromatic carbocycles. The number of anilines is 1. The number of sulfonamides is 1. The second-order valence-corrected chi connectivity index (χ2v) is 8.44. The monoisotopic (exact) mass is 403 g/mol. The number of carbonyl (C=O) groups is 3. The Labute approximate surface area is 160 Å². The summed E-state index contributed by atoms with van der Waals surface area (Å²) in [5.41, 5.74) is 0.809. The fourth-order valence-electron chi connectivity index (χ4n) is 3.49. The van der Waals surface area contributed by atoms with E-state index >= 15 is 0 Å².